The predicted molar refractivity (Wildman–Crippen MR) is 123 cm³/mol. The second kappa shape index (κ2) is 8.11. The zero-order valence-electron chi connectivity index (χ0n) is 18.4. The Balaban J connectivity index is 1.59. The second-order valence-corrected chi connectivity index (χ2v) is 7.86. The number of para-hydroxylation sites is 1. The van der Waals surface area contributed by atoms with Gasteiger partial charge in [0.2, 0.25) is 5.91 Å². The largest absolute Gasteiger partial charge is 0.508 e. The molecular formula is C25H21N3O6. The van der Waals surface area contributed by atoms with E-state index in [-0.39, 0.29) is 35.4 Å². The molecule has 1 atom stereocenters. The Labute approximate surface area is 195 Å². The molecular weight excluding hydrogens is 438 g/mol. The summed E-state index contributed by atoms with van der Waals surface area (Å²) in [6.07, 6.45) is -0.834. The van der Waals surface area contributed by atoms with Crippen LogP contribution in [0.1, 0.15) is 32.4 Å². The molecule has 2 N–H and O–H groups in total. The minimum absolute atomic E-state index is 0.00307. The standard InChI is InChI=1S/C25H21N3O6/c1-33-19-11-10-17-21(22(19)34-2)25(32)28-18-9-4-3-8-16(18)24(31)27(23(17)28)13-20(30)26-14-6-5-7-15(29)12-14/h3-12,23,29H,13H2,1-2H3,(H,26,30)/t23-/m1/s1. The first-order valence-electron chi connectivity index (χ1n) is 10.5. The summed E-state index contributed by atoms with van der Waals surface area (Å²) in [5, 5.41) is 12.4. The number of hydrogen-bond acceptors (Lipinski definition) is 6. The summed E-state index contributed by atoms with van der Waals surface area (Å²) in [5.41, 5.74) is 1.99. The number of nitrogens with zero attached hydrogens (tertiary/aromatic N) is 2. The van der Waals surface area contributed by atoms with Gasteiger partial charge >= 0.3 is 0 Å². The lowest BCUT2D eigenvalue weighted by Gasteiger charge is -2.40. The van der Waals surface area contributed by atoms with Crippen LogP contribution in [0.25, 0.3) is 0 Å². The van der Waals surface area contributed by atoms with Crippen molar-refractivity contribution in [3.8, 4) is 17.2 Å². The van der Waals surface area contributed by atoms with Crippen LogP contribution in [0, 0.1) is 0 Å². The topological polar surface area (TPSA) is 108 Å². The van der Waals surface area contributed by atoms with Gasteiger partial charge in [0, 0.05) is 17.3 Å². The first kappa shape index (κ1) is 21.3. The van der Waals surface area contributed by atoms with Crippen molar-refractivity contribution in [3.05, 3.63) is 77.4 Å². The monoisotopic (exact) mass is 459 g/mol. The van der Waals surface area contributed by atoms with Crippen molar-refractivity contribution >= 4 is 29.1 Å². The lowest BCUT2D eigenvalue weighted by atomic mass is 10.0. The van der Waals surface area contributed by atoms with Gasteiger partial charge in [-0.2, -0.15) is 0 Å². The van der Waals surface area contributed by atoms with Crippen molar-refractivity contribution in [3.63, 3.8) is 0 Å². The Morgan fingerprint density at radius 1 is 1.00 bits per heavy atom. The number of aromatic hydroxyl groups is 1. The highest BCUT2D eigenvalue weighted by Gasteiger charge is 2.50. The highest BCUT2D eigenvalue weighted by molar-refractivity contribution is 6.18. The van der Waals surface area contributed by atoms with Gasteiger partial charge in [-0.1, -0.05) is 24.3 Å². The molecule has 0 bridgehead atoms. The molecule has 9 nitrogen and oxygen atoms in total. The summed E-state index contributed by atoms with van der Waals surface area (Å²) in [7, 11) is 2.93. The van der Waals surface area contributed by atoms with Gasteiger partial charge in [0.1, 0.15) is 18.5 Å². The maximum atomic E-state index is 13.6. The molecule has 2 aliphatic rings. The van der Waals surface area contributed by atoms with Crippen molar-refractivity contribution in [2.24, 2.45) is 0 Å². The smallest absolute Gasteiger partial charge is 0.264 e. The van der Waals surface area contributed by atoms with Crippen molar-refractivity contribution < 1.29 is 29.0 Å². The Morgan fingerprint density at radius 3 is 2.53 bits per heavy atom. The number of rotatable bonds is 5. The van der Waals surface area contributed by atoms with Gasteiger partial charge in [-0.25, -0.2) is 0 Å². The SMILES string of the molecule is COc1ccc2c(c1OC)C(=O)N1c3ccccc3C(=O)N(CC(=O)Nc3cccc(O)c3)[C@@H]21. The molecule has 34 heavy (non-hydrogen) atoms. The number of anilines is 2. The molecule has 0 saturated carbocycles. The number of carbonyl (C=O) groups is 3. The molecule has 3 aromatic carbocycles. The molecule has 0 aromatic heterocycles. The Hall–Kier alpha value is -4.53. The first-order valence-corrected chi connectivity index (χ1v) is 10.5. The van der Waals surface area contributed by atoms with Crippen molar-refractivity contribution in [2.75, 3.05) is 31.0 Å². The van der Waals surface area contributed by atoms with E-state index in [9.17, 15) is 19.5 Å². The Bertz CT molecular complexity index is 1340. The van der Waals surface area contributed by atoms with E-state index >= 15 is 0 Å². The number of hydrogen-bond donors (Lipinski definition) is 2. The third-order valence-electron chi connectivity index (χ3n) is 5.93. The number of phenols is 1. The quantitative estimate of drug-likeness (QED) is 0.607. The van der Waals surface area contributed by atoms with Gasteiger partial charge < -0.3 is 24.8 Å². The fourth-order valence-electron chi connectivity index (χ4n) is 4.52. The molecule has 3 amide bonds. The van der Waals surface area contributed by atoms with E-state index in [2.05, 4.69) is 5.32 Å². The average molecular weight is 459 g/mol. The molecule has 9 heteroatoms. The molecule has 0 aliphatic carbocycles. The van der Waals surface area contributed by atoms with Crippen LogP contribution in [0.2, 0.25) is 0 Å². The zero-order valence-corrected chi connectivity index (χ0v) is 18.4. The number of fused-ring (bicyclic) bond motifs is 5. The van der Waals surface area contributed by atoms with Crippen molar-refractivity contribution in [2.45, 2.75) is 6.17 Å². The minimum atomic E-state index is -0.834. The molecule has 3 aromatic rings. The van der Waals surface area contributed by atoms with Gasteiger partial charge in [0.25, 0.3) is 11.8 Å². The van der Waals surface area contributed by atoms with Crippen molar-refractivity contribution in [1.29, 1.82) is 0 Å². The molecule has 0 radical (unpaired) electrons. The lowest BCUT2D eigenvalue weighted by molar-refractivity contribution is -0.117. The van der Waals surface area contributed by atoms with Gasteiger partial charge in [0.15, 0.2) is 11.5 Å². The number of methoxy groups -OCH3 is 2. The van der Waals surface area contributed by atoms with Crippen LogP contribution < -0.4 is 19.7 Å². The van der Waals surface area contributed by atoms with E-state index < -0.39 is 12.1 Å². The molecule has 172 valence electrons. The molecule has 0 saturated heterocycles. The van der Waals surface area contributed by atoms with E-state index in [1.165, 1.54) is 36.2 Å². The van der Waals surface area contributed by atoms with Gasteiger partial charge in [-0.05, 0) is 30.3 Å². The molecule has 0 unspecified atom stereocenters. The van der Waals surface area contributed by atoms with Crippen LogP contribution in [0.3, 0.4) is 0 Å². The molecule has 5 rings (SSSR count). The molecule has 0 fully saturated rings. The lowest BCUT2D eigenvalue weighted by Crippen LogP contribution is -2.50. The summed E-state index contributed by atoms with van der Waals surface area (Å²) in [5.74, 6) is -0.536. The Morgan fingerprint density at radius 2 is 1.79 bits per heavy atom. The van der Waals surface area contributed by atoms with Crippen LogP contribution >= 0.6 is 0 Å². The normalized spacial score (nSPS) is 16.0. The average Bonchev–Trinajstić information content (AvgIpc) is 3.13. The number of carbonyl (C=O) groups excluding carboxylic acids is 3. The number of benzene rings is 3. The third-order valence-corrected chi connectivity index (χ3v) is 5.93. The summed E-state index contributed by atoms with van der Waals surface area (Å²) in [6.45, 7) is -0.314. The van der Waals surface area contributed by atoms with Crippen molar-refractivity contribution in [1.82, 2.24) is 4.90 Å². The van der Waals surface area contributed by atoms with E-state index in [0.717, 1.165) is 0 Å². The highest BCUT2D eigenvalue weighted by atomic mass is 16.5. The summed E-state index contributed by atoms with van der Waals surface area (Å²) in [6, 6.07) is 16.3. The Kier molecular flexibility index (Phi) is 5.09. The first-order chi connectivity index (χ1) is 16.4. The fourth-order valence-corrected chi connectivity index (χ4v) is 4.52. The molecule has 2 heterocycles. The van der Waals surface area contributed by atoms with Crippen LogP contribution in [0.5, 0.6) is 17.2 Å². The second-order valence-electron chi connectivity index (χ2n) is 7.86. The summed E-state index contributed by atoms with van der Waals surface area (Å²) >= 11 is 0. The number of phenolic OH excluding ortho intramolecular Hbond substituents is 1. The van der Waals surface area contributed by atoms with Crippen LogP contribution in [-0.4, -0.2) is 48.5 Å². The van der Waals surface area contributed by atoms with E-state index in [0.29, 0.717) is 28.3 Å². The maximum Gasteiger partial charge on any atom is 0.264 e. The molecule has 0 spiro atoms. The minimum Gasteiger partial charge on any atom is -0.508 e. The fraction of sp³-hybridized carbons (Fsp3) is 0.160. The van der Waals surface area contributed by atoms with Gasteiger partial charge in [-0.15, -0.1) is 0 Å². The third kappa shape index (κ3) is 3.21. The maximum absolute atomic E-state index is 13.6. The number of amides is 3. The van der Waals surface area contributed by atoms with Gasteiger partial charge in [-0.3, -0.25) is 19.3 Å². The zero-order chi connectivity index (χ0) is 24.0. The van der Waals surface area contributed by atoms with E-state index in [1.807, 2.05) is 0 Å². The van der Waals surface area contributed by atoms with Gasteiger partial charge in [0.05, 0.1) is 31.0 Å². The number of ether oxygens (including phenoxy) is 2. The van der Waals surface area contributed by atoms with E-state index in [4.69, 9.17) is 9.47 Å². The molecule has 2 aliphatic heterocycles. The highest BCUT2D eigenvalue weighted by Crippen LogP contribution is 2.49. The van der Waals surface area contributed by atoms with Crippen LogP contribution in [-0.2, 0) is 4.79 Å². The van der Waals surface area contributed by atoms with Crippen LogP contribution in [0.4, 0.5) is 11.4 Å². The predicted octanol–water partition coefficient (Wildman–Crippen LogP) is 3.16. The van der Waals surface area contributed by atoms with E-state index in [1.54, 1.807) is 48.5 Å². The number of nitrogens with one attached hydrogen (secondary N) is 1. The van der Waals surface area contributed by atoms with Crippen LogP contribution in [0.15, 0.2) is 60.7 Å². The summed E-state index contributed by atoms with van der Waals surface area (Å²) < 4.78 is 10.9. The summed E-state index contributed by atoms with van der Waals surface area (Å²) in [4.78, 5) is 42.9.